The van der Waals surface area contributed by atoms with Crippen molar-refractivity contribution in [2.24, 2.45) is 5.73 Å². The summed E-state index contributed by atoms with van der Waals surface area (Å²) in [5.74, 6) is 0.0114. The molecular weight excluding hydrogens is 235 g/mol. The van der Waals surface area contributed by atoms with Gasteiger partial charge < -0.3 is 15.8 Å². The highest BCUT2D eigenvalue weighted by molar-refractivity contribution is 5.76. The van der Waals surface area contributed by atoms with Crippen LogP contribution in [0.4, 0.5) is 4.39 Å². The van der Waals surface area contributed by atoms with E-state index in [4.69, 9.17) is 10.5 Å². The average molecular weight is 252 g/mol. The Hall–Kier alpha value is -1.62. The lowest BCUT2D eigenvalue weighted by Crippen LogP contribution is -2.26. The van der Waals surface area contributed by atoms with Crippen molar-refractivity contribution in [3.05, 3.63) is 29.6 Å². The van der Waals surface area contributed by atoms with Crippen LogP contribution in [0.15, 0.2) is 18.2 Å². The van der Waals surface area contributed by atoms with Crippen molar-refractivity contribution in [2.45, 2.75) is 31.8 Å². The molecule has 0 atom stereocenters. The lowest BCUT2D eigenvalue weighted by atomic mass is 10.2. The Morgan fingerprint density at radius 2 is 2.28 bits per heavy atom. The molecule has 0 spiro atoms. The van der Waals surface area contributed by atoms with E-state index in [0.29, 0.717) is 17.4 Å². The molecular formula is C13H17FN2O2. The summed E-state index contributed by atoms with van der Waals surface area (Å²) in [6.07, 6.45) is 2.40. The molecule has 1 aliphatic rings. The summed E-state index contributed by atoms with van der Waals surface area (Å²) in [5.41, 5.74) is 5.81. The summed E-state index contributed by atoms with van der Waals surface area (Å²) in [7, 11) is 0. The summed E-state index contributed by atoms with van der Waals surface area (Å²) in [6, 6.07) is 4.92. The summed E-state index contributed by atoms with van der Waals surface area (Å²) in [5, 5.41) is 2.86. The largest absolute Gasteiger partial charge is 0.493 e. The Morgan fingerprint density at radius 1 is 1.50 bits per heavy atom. The number of benzene rings is 1. The number of rotatable bonds is 6. The number of hydrogen-bond donors (Lipinski definition) is 2. The number of amides is 1. The molecule has 1 fully saturated rings. The van der Waals surface area contributed by atoms with Crippen molar-refractivity contribution >= 4 is 5.91 Å². The van der Waals surface area contributed by atoms with Gasteiger partial charge in [0.1, 0.15) is 11.6 Å². The van der Waals surface area contributed by atoms with E-state index in [1.165, 1.54) is 6.07 Å². The van der Waals surface area contributed by atoms with E-state index < -0.39 is 0 Å². The van der Waals surface area contributed by atoms with Gasteiger partial charge >= 0.3 is 0 Å². The van der Waals surface area contributed by atoms with E-state index >= 15 is 0 Å². The highest BCUT2D eigenvalue weighted by Crippen LogP contribution is 2.21. The molecule has 18 heavy (non-hydrogen) atoms. The molecule has 1 aromatic rings. The topological polar surface area (TPSA) is 64.3 Å². The minimum absolute atomic E-state index is 0.0248. The fourth-order valence-electron chi connectivity index (χ4n) is 1.65. The molecule has 0 aromatic heterocycles. The van der Waals surface area contributed by atoms with Crippen LogP contribution >= 0.6 is 0 Å². The highest BCUT2D eigenvalue weighted by Gasteiger charge is 2.22. The van der Waals surface area contributed by atoms with Crippen LogP contribution in [0, 0.1) is 5.82 Å². The average Bonchev–Trinajstić information content (AvgIpc) is 3.13. The van der Waals surface area contributed by atoms with Crippen LogP contribution in [0.2, 0.25) is 0 Å². The number of nitrogens with one attached hydrogen (secondary N) is 1. The number of halogens is 1. The molecule has 4 nitrogen and oxygen atoms in total. The number of hydrogen-bond acceptors (Lipinski definition) is 3. The van der Waals surface area contributed by atoms with Gasteiger partial charge in [-0.25, -0.2) is 4.39 Å². The van der Waals surface area contributed by atoms with Crippen LogP contribution in [0.1, 0.15) is 24.8 Å². The second kappa shape index (κ2) is 5.82. The van der Waals surface area contributed by atoms with Crippen LogP contribution < -0.4 is 15.8 Å². The van der Waals surface area contributed by atoms with E-state index in [-0.39, 0.29) is 31.3 Å². The van der Waals surface area contributed by atoms with Crippen LogP contribution in [0.3, 0.4) is 0 Å². The molecule has 0 unspecified atom stereocenters. The van der Waals surface area contributed by atoms with Crippen LogP contribution in [0.5, 0.6) is 5.75 Å². The number of carbonyl (C=O) groups is 1. The number of carbonyl (C=O) groups excluding carboxylic acids is 1. The van der Waals surface area contributed by atoms with Crippen LogP contribution in [0.25, 0.3) is 0 Å². The van der Waals surface area contributed by atoms with Crippen LogP contribution in [-0.4, -0.2) is 18.6 Å². The first-order chi connectivity index (χ1) is 8.70. The van der Waals surface area contributed by atoms with E-state index in [2.05, 4.69) is 5.32 Å². The van der Waals surface area contributed by atoms with E-state index in [1.54, 1.807) is 12.1 Å². The van der Waals surface area contributed by atoms with E-state index in [9.17, 15) is 9.18 Å². The van der Waals surface area contributed by atoms with Crippen molar-refractivity contribution in [3.63, 3.8) is 0 Å². The molecule has 1 aliphatic carbocycles. The highest BCUT2D eigenvalue weighted by atomic mass is 19.1. The second-order valence-electron chi connectivity index (χ2n) is 4.36. The SMILES string of the molecule is NCc1c(F)cccc1OCCC(=O)NC1CC1. The molecule has 5 heteroatoms. The standard InChI is InChI=1S/C13H17FN2O2/c14-11-2-1-3-12(10(11)8-15)18-7-6-13(17)16-9-4-5-9/h1-3,9H,4-8,15H2,(H,16,17). The summed E-state index contributed by atoms with van der Waals surface area (Å²) in [6.45, 7) is 0.311. The quantitative estimate of drug-likeness (QED) is 0.802. The van der Waals surface area contributed by atoms with Gasteiger partial charge in [-0.3, -0.25) is 4.79 Å². The Labute approximate surface area is 105 Å². The Bertz CT molecular complexity index is 433. The van der Waals surface area contributed by atoms with E-state index in [0.717, 1.165) is 12.8 Å². The van der Waals surface area contributed by atoms with Gasteiger partial charge in [0, 0.05) is 18.2 Å². The predicted molar refractivity (Wildman–Crippen MR) is 65.6 cm³/mol. The monoisotopic (exact) mass is 252 g/mol. The normalized spacial score (nSPS) is 14.3. The van der Waals surface area contributed by atoms with Gasteiger partial charge in [0.05, 0.1) is 13.0 Å². The Kier molecular flexibility index (Phi) is 4.15. The zero-order chi connectivity index (χ0) is 13.0. The van der Waals surface area contributed by atoms with Crippen molar-refractivity contribution in [1.82, 2.24) is 5.32 Å². The maximum atomic E-state index is 13.4. The second-order valence-corrected chi connectivity index (χ2v) is 4.36. The molecule has 0 bridgehead atoms. The van der Waals surface area contributed by atoms with Crippen molar-refractivity contribution in [3.8, 4) is 5.75 Å². The van der Waals surface area contributed by atoms with Gasteiger partial charge in [-0.05, 0) is 25.0 Å². The van der Waals surface area contributed by atoms with Crippen molar-refractivity contribution < 1.29 is 13.9 Å². The zero-order valence-corrected chi connectivity index (χ0v) is 10.1. The van der Waals surface area contributed by atoms with Gasteiger partial charge in [-0.2, -0.15) is 0 Å². The lowest BCUT2D eigenvalue weighted by Gasteiger charge is -2.10. The van der Waals surface area contributed by atoms with Gasteiger partial charge in [0.25, 0.3) is 0 Å². The zero-order valence-electron chi connectivity index (χ0n) is 10.1. The molecule has 0 aliphatic heterocycles. The molecule has 1 aromatic carbocycles. The molecule has 1 saturated carbocycles. The number of nitrogens with two attached hydrogens (primary N) is 1. The summed E-state index contributed by atoms with van der Waals surface area (Å²) >= 11 is 0. The summed E-state index contributed by atoms with van der Waals surface area (Å²) in [4.78, 5) is 11.4. The van der Waals surface area contributed by atoms with Gasteiger partial charge in [-0.1, -0.05) is 6.07 Å². The molecule has 98 valence electrons. The molecule has 0 radical (unpaired) electrons. The van der Waals surface area contributed by atoms with Crippen molar-refractivity contribution in [2.75, 3.05) is 6.61 Å². The van der Waals surface area contributed by atoms with Gasteiger partial charge in [0.15, 0.2) is 0 Å². The minimum atomic E-state index is -0.377. The third kappa shape index (κ3) is 3.43. The summed E-state index contributed by atoms with van der Waals surface area (Å²) < 4.78 is 18.8. The van der Waals surface area contributed by atoms with Gasteiger partial charge in [-0.15, -0.1) is 0 Å². The first-order valence-electron chi connectivity index (χ1n) is 6.10. The fraction of sp³-hybridized carbons (Fsp3) is 0.462. The molecule has 0 saturated heterocycles. The molecule has 1 amide bonds. The minimum Gasteiger partial charge on any atom is -0.493 e. The Balaban J connectivity index is 1.82. The van der Waals surface area contributed by atoms with Crippen LogP contribution in [-0.2, 0) is 11.3 Å². The molecule has 2 rings (SSSR count). The van der Waals surface area contributed by atoms with E-state index in [1.807, 2.05) is 0 Å². The lowest BCUT2D eigenvalue weighted by molar-refractivity contribution is -0.121. The van der Waals surface area contributed by atoms with Crippen molar-refractivity contribution in [1.29, 1.82) is 0 Å². The third-order valence-electron chi connectivity index (χ3n) is 2.81. The first kappa shape index (κ1) is 12.8. The smallest absolute Gasteiger partial charge is 0.223 e. The van der Waals surface area contributed by atoms with Gasteiger partial charge in [0.2, 0.25) is 5.91 Å². The fourth-order valence-corrected chi connectivity index (χ4v) is 1.65. The predicted octanol–water partition coefficient (Wildman–Crippen LogP) is 1.33. The Morgan fingerprint density at radius 3 is 2.94 bits per heavy atom. The maximum Gasteiger partial charge on any atom is 0.223 e. The number of ether oxygens (including phenoxy) is 1. The third-order valence-corrected chi connectivity index (χ3v) is 2.81. The maximum absolute atomic E-state index is 13.4. The molecule has 3 N–H and O–H groups in total. The first-order valence-corrected chi connectivity index (χ1v) is 6.10. The molecule has 0 heterocycles.